The van der Waals surface area contributed by atoms with Crippen LogP contribution in [0.2, 0.25) is 0 Å². The minimum absolute atomic E-state index is 0.282. The molecule has 0 unspecified atom stereocenters. The van der Waals surface area contributed by atoms with E-state index >= 15 is 0 Å². The topological polar surface area (TPSA) is 62.4 Å². The molecule has 4 N–H and O–H groups in total. The van der Waals surface area contributed by atoms with Gasteiger partial charge in [-0.25, -0.2) is 15.2 Å². The zero-order valence-electron chi connectivity index (χ0n) is 9.13. The highest BCUT2D eigenvalue weighted by molar-refractivity contribution is 5.94. The predicted molar refractivity (Wildman–Crippen MR) is 62.5 cm³/mol. The number of nitrogens with zero attached hydrogens (tertiary/aromatic N) is 1. The molecule has 1 aromatic rings. The van der Waals surface area contributed by atoms with Crippen molar-refractivity contribution in [2.45, 2.75) is 25.8 Å². The summed E-state index contributed by atoms with van der Waals surface area (Å²) in [5.41, 5.74) is 4.11. The van der Waals surface area contributed by atoms with E-state index in [9.17, 15) is 4.39 Å². The molecule has 1 saturated carbocycles. The summed E-state index contributed by atoms with van der Waals surface area (Å²) in [6, 6.07) is 4.92. The molecular weight excluding hydrogens is 207 g/mol. The second kappa shape index (κ2) is 4.49. The van der Waals surface area contributed by atoms with E-state index in [2.05, 4.69) is 15.7 Å². The van der Waals surface area contributed by atoms with Gasteiger partial charge in [0.15, 0.2) is 0 Å². The summed E-state index contributed by atoms with van der Waals surface area (Å²) in [4.78, 5) is 4.32. The Morgan fingerprint density at radius 1 is 1.50 bits per heavy atom. The van der Waals surface area contributed by atoms with Crippen molar-refractivity contribution < 1.29 is 4.39 Å². The van der Waals surface area contributed by atoms with Crippen LogP contribution in [0, 0.1) is 12.7 Å². The van der Waals surface area contributed by atoms with Crippen molar-refractivity contribution in [2.24, 2.45) is 10.8 Å². The molecule has 16 heavy (non-hydrogen) atoms. The van der Waals surface area contributed by atoms with Crippen LogP contribution in [0.5, 0.6) is 0 Å². The maximum Gasteiger partial charge on any atom is 0.210 e. The first-order valence-corrected chi connectivity index (χ1v) is 5.26. The molecule has 0 saturated heterocycles. The van der Waals surface area contributed by atoms with Gasteiger partial charge < -0.3 is 5.32 Å². The summed E-state index contributed by atoms with van der Waals surface area (Å²) in [5, 5.41) is 2.98. The largest absolute Gasteiger partial charge is 0.325 e. The van der Waals surface area contributed by atoms with Crippen molar-refractivity contribution in [3.63, 3.8) is 0 Å². The number of hydrazine groups is 1. The summed E-state index contributed by atoms with van der Waals surface area (Å²) in [6.45, 7) is 1.90. The smallest absolute Gasteiger partial charge is 0.210 e. The summed E-state index contributed by atoms with van der Waals surface area (Å²) in [5.74, 6) is 5.55. The number of anilines is 1. The van der Waals surface area contributed by atoms with Gasteiger partial charge in [0.25, 0.3) is 0 Å². The molecule has 0 radical (unpaired) electrons. The Balaban J connectivity index is 2.14. The molecular formula is C11H15FN4. The summed E-state index contributed by atoms with van der Waals surface area (Å²) < 4.78 is 13.0. The molecule has 0 aromatic heterocycles. The van der Waals surface area contributed by atoms with E-state index in [1.165, 1.54) is 12.1 Å². The van der Waals surface area contributed by atoms with Crippen molar-refractivity contribution >= 4 is 11.6 Å². The highest BCUT2D eigenvalue weighted by Gasteiger charge is 2.21. The second-order valence-corrected chi connectivity index (χ2v) is 3.94. The fourth-order valence-electron chi connectivity index (χ4n) is 1.35. The molecule has 1 aliphatic rings. The van der Waals surface area contributed by atoms with Gasteiger partial charge in [0.2, 0.25) is 5.96 Å². The maximum absolute atomic E-state index is 13.0. The Bertz CT molecular complexity index is 412. The van der Waals surface area contributed by atoms with Gasteiger partial charge >= 0.3 is 0 Å². The van der Waals surface area contributed by atoms with Crippen LogP contribution in [0.25, 0.3) is 0 Å². The van der Waals surface area contributed by atoms with Crippen molar-refractivity contribution in [1.82, 2.24) is 5.43 Å². The number of benzene rings is 1. The molecule has 0 bridgehead atoms. The number of hydrogen-bond acceptors (Lipinski definition) is 2. The lowest BCUT2D eigenvalue weighted by Crippen LogP contribution is -2.36. The molecule has 0 amide bonds. The third-order valence-electron chi connectivity index (χ3n) is 2.45. The predicted octanol–water partition coefficient (Wildman–Crippen LogP) is 1.53. The van der Waals surface area contributed by atoms with Gasteiger partial charge in [0, 0.05) is 5.69 Å². The van der Waals surface area contributed by atoms with Crippen LogP contribution in [-0.2, 0) is 0 Å². The first-order chi connectivity index (χ1) is 7.69. The van der Waals surface area contributed by atoms with Gasteiger partial charge in [-0.1, -0.05) is 6.07 Å². The normalized spacial score (nSPS) is 16.1. The lowest BCUT2D eigenvalue weighted by molar-refractivity contribution is 0.628. The zero-order chi connectivity index (χ0) is 11.5. The number of halogens is 1. The molecule has 2 rings (SSSR count). The Morgan fingerprint density at radius 3 is 2.88 bits per heavy atom. The van der Waals surface area contributed by atoms with Crippen LogP contribution >= 0.6 is 0 Å². The Morgan fingerprint density at radius 2 is 2.25 bits per heavy atom. The first-order valence-electron chi connectivity index (χ1n) is 5.26. The van der Waals surface area contributed by atoms with E-state index in [0.29, 0.717) is 17.7 Å². The molecule has 5 heteroatoms. The lowest BCUT2D eigenvalue weighted by atomic mass is 10.2. The summed E-state index contributed by atoms with van der Waals surface area (Å²) in [6.07, 6.45) is 2.18. The highest BCUT2D eigenvalue weighted by Crippen LogP contribution is 2.24. The minimum Gasteiger partial charge on any atom is -0.325 e. The van der Waals surface area contributed by atoms with Crippen molar-refractivity contribution in [3.05, 3.63) is 29.6 Å². The van der Waals surface area contributed by atoms with E-state index in [4.69, 9.17) is 5.84 Å². The maximum atomic E-state index is 13.0. The molecule has 1 aromatic carbocycles. The van der Waals surface area contributed by atoms with Crippen molar-refractivity contribution in [2.75, 3.05) is 5.32 Å². The Hall–Kier alpha value is -1.62. The van der Waals surface area contributed by atoms with Gasteiger partial charge in [-0.2, -0.15) is 0 Å². The van der Waals surface area contributed by atoms with Crippen LogP contribution in [-0.4, -0.2) is 12.0 Å². The third-order valence-corrected chi connectivity index (χ3v) is 2.45. The van der Waals surface area contributed by atoms with Crippen LogP contribution < -0.4 is 16.6 Å². The SMILES string of the molecule is Cc1ccc(F)cc1NC(=NC1CC1)NN. The molecule has 1 fully saturated rings. The van der Waals surface area contributed by atoms with Gasteiger partial charge in [0.1, 0.15) is 5.82 Å². The van der Waals surface area contributed by atoms with Gasteiger partial charge in [-0.3, -0.25) is 5.43 Å². The Labute approximate surface area is 93.7 Å². The molecule has 0 spiro atoms. The molecule has 0 aliphatic heterocycles. The summed E-state index contributed by atoms with van der Waals surface area (Å²) in [7, 11) is 0. The summed E-state index contributed by atoms with van der Waals surface area (Å²) >= 11 is 0. The zero-order valence-corrected chi connectivity index (χ0v) is 9.13. The molecule has 86 valence electrons. The van der Waals surface area contributed by atoms with Crippen LogP contribution in [0.3, 0.4) is 0 Å². The van der Waals surface area contributed by atoms with Gasteiger partial charge in [-0.05, 0) is 37.5 Å². The lowest BCUT2D eigenvalue weighted by Gasteiger charge is -2.11. The molecule has 0 heterocycles. The standard InChI is InChI=1S/C11H15FN4/c1-7-2-3-8(12)6-10(7)15-11(16-13)14-9-4-5-9/h2-3,6,9H,4-5,13H2,1H3,(H2,14,15,16). The van der Waals surface area contributed by atoms with E-state index in [-0.39, 0.29) is 5.82 Å². The number of guanidine groups is 1. The monoisotopic (exact) mass is 222 g/mol. The number of rotatable bonds is 2. The minimum atomic E-state index is -0.282. The van der Waals surface area contributed by atoms with Crippen LogP contribution in [0.15, 0.2) is 23.2 Å². The average molecular weight is 222 g/mol. The van der Waals surface area contributed by atoms with Crippen LogP contribution in [0.4, 0.5) is 10.1 Å². The number of aryl methyl sites for hydroxylation is 1. The fraction of sp³-hybridized carbons (Fsp3) is 0.364. The number of aliphatic imine (C=N–C) groups is 1. The molecule has 4 nitrogen and oxygen atoms in total. The average Bonchev–Trinajstić information content (AvgIpc) is 3.06. The van der Waals surface area contributed by atoms with Crippen molar-refractivity contribution in [3.8, 4) is 0 Å². The van der Waals surface area contributed by atoms with Gasteiger partial charge in [0.05, 0.1) is 6.04 Å². The first kappa shape index (κ1) is 10.9. The third kappa shape index (κ3) is 2.70. The van der Waals surface area contributed by atoms with Crippen LogP contribution in [0.1, 0.15) is 18.4 Å². The molecule has 1 aliphatic carbocycles. The quantitative estimate of drug-likeness (QED) is 0.308. The van der Waals surface area contributed by atoms with E-state index in [1.54, 1.807) is 6.07 Å². The highest BCUT2D eigenvalue weighted by atomic mass is 19.1. The fourth-order valence-corrected chi connectivity index (χ4v) is 1.35. The second-order valence-electron chi connectivity index (χ2n) is 3.94. The van der Waals surface area contributed by atoms with Crippen molar-refractivity contribution in [1.29, 1.82) is 0 Å². The number of nitrogens with one attached hydrogen (secondary N) is 2. The van der Waals surface area contributed by atoms with E-state index in [0.717, 1.165) is 18.4 Å². The molecule has 0 atom stereocenters. The Kier molecular flexibility index (Phi) is 3.05. The van der Waals surface area contributed by atoms with Gasteiger partial charge in [-0.15, -0.1) is 0 Å². The number of nitrogens with two attached hydrogens (primary N) is 1. The number of hydrogen-bond donors (Lipinski definition) is 3. The van der Waals surface area contributed by atoms with E-state index in [1.807, 2.05) is 6.92 Å². The van der Waals surface area contributed by atoms with E-state index < -0.39 is 0 Å².